The molecule has 468 valence electrons. The van der Waals surface area contributed by atoms with E-state index in [1.807, 2.05) is 0 Å². The Morgan fingerprint density at radius 3 is 1.62 bits per heavy atom. The molecule has 3 aromatic carbocycles. The molecule has 0 amide bonds. The topological polar surface area (TPSA) is 493 Å². The third kappa shape index (κ3) is 13.4. The molecule has 0 aliphatic carbocycles. The molecule has 0 unspecified atom stereocenters. The van der Waals surface area contributed by atoms with Crippen molar-refractivity contribution in [3.8, 4) is 40.1 Å². The van der Waals surface area contributed by atoms with Gasteiger partial charge in [0.1, 0.15) is 150 Å². The third-order valence-corrected chi connectivity index (χ3v) is 15.0. The van der Waals surface area contributed by atoms with Crippen LogP contribution in [0.15, 0.2) is 76.0 Å². The van der Waals surface area contributed by atoms with E-state index in [0.29, 0.717) is 5.56 Å². The molecule has 4 aromatic rings. The van der Waals surface area contributed by atoms with Crippen LogP contribution in [0.1, 0.15) is 19.4 Å². The summed E-state index contributed by atoms with van der Waals surface area (Å²) in [5.74, 6) is -3.65. The number of hydrogen-bond acceptors (Lipinski definition) is 31. The number of phenolic OH excluding ortho intramolecular Hbond substituents is 3. The van der Waals surface area contributed by atoms with Gasteiger partial charge in [0.15, 0.2) is 24.6 Å². The minimum atomic E-state index is -2.28. The summed E-state index contributed by atoms with van der Waals surface area (Å²) >= 11 is 0. The quantitative estimate of drug-likeness (QED) is 0.0347. The van der Waals surface area contributed by atoms with Crippen molar-refractivity contribution in [3.63, 3.8) is 0 Å². The number of benzene rings is 3. The zero-order valence-electron chi connectivity index (χ0n) is 44.8. The Bertz CT molecular complexity index is 2980. The molecule has 0 radical (unpaired) electrons. The number of aliphatic hydroxyl groups excluding tert-OH is 14. The van der Waals surface area contributed by atoms with Crippen LogP contribution in [0.3, 0.4) is 0 Å². The SMILES string of the molecule is C[C@@H]1O[C@@H](Oc2cc(O)c3c(=O)c(O[C@@H]4O[C@H](COC(=O)/C=C/c5ccc(O)cc5)[C@@H](O[C@@H]5O[C@H](CO)[C@@H](O[C@@H]6O[C@@H](C)[C@H](O[C@@H]7O[C@H](CO)[C@@H](O)[C@H](O)[C@H]7O)[C@@H](O)[C@H]6O)[C@H](O)[C@H]5O)[C@H](O)[C@H]4O)c(-c4ccc(O)cc4)oc3c2)[C@H](O)[C@H](O)[C@H]1O. The van der Waals surface area contributed by atoms with E-state index in [1.54, 1.807) is 0 Å². The molecule has 5 aliphatic rings. The number of carbonyl (C=O) groups is 1. The molecule has 0 bridgehead atoms. The van der Waals surface area contributed by atoms with Crippen LogP contribution in [0.4, 0.5) is 0 Å². The molecule has 5 saturated heterocycles. The van der Waals surface area contributed by atoms with Gasteiger partial charge in [0.25, 0.3) is 0 Å². The van der Waals surface area contributed by atoms with Crippen LogP contribution in [0.5, 0.6) is 28.7 Å². The molecule has 25 atom stereocenters. The number of fused-ring (bicyclic) bond motifs is 1. The fraction of sp³-hybridized carbons (Fsp3) is 0.556. The molecule has 31 heteroatoms. The lowest BCUT2D eigenvalue weighted by atomic mass is 9.95. The lowest BCUT2D eigenvalue weighted by Crippen LogP contribution is -2.67. The summed E-state index contributed by atoms with van der Waals surface area (Å²) in [6.45, 7) is 0.0108. The number of esters is 1. The van der Waals surface area contributed by atoms with Gasteiger partial charge in [0, 0.05) is 23.8 Å². The average molecular weight is 1210 g/mol. The van der Waals surface area contributed by atoms with Crippen molar-refractivity contribution in [2.24, 2.45) is 0 Å². The Labute approximate surface area is 479 Å². The first-order chi connectivity index (χ1) is 40.4. The van der Waals surface area contributed by atoms with Gasteiger partial charge in [0.05, 0.1) is 25.4 Å². The average Bonchev–Trinajstić information content (AvgIpc) is 1.56. The second kappa shape index (κ2) is 26.7. The Hall–Kier alpha value is -5.80. The van der Waals surface area contributed by atoms with Gasteiger partial charge in [-0.3, -0.25) is 4.79 Å². The number of ether oxygens (including phenoxy) is 11. The van der Waals surface area contributed by atoms with Crippen LogP contribution < -0.4 is 14.9 Å². The van der Waals surface area contributed by atoms with Crippen molar-refractivity contribution in [1.82, 2.24) is 0 Å². The first-order valence-electron chi connectivity index (χ1n) is 26.6. The number of phenols is 3. The van der Waals surface area contributed by atoms with Crippen molar-refractivity contribution < 1.29 is 148 Å². The summed E-state index contributed by atoms with van der Waals surface area (Å²) in [5, 5.41) is 182. The smallest absolute Gasteiger partial charge is 0.330 e. The highest BCUT2D eigenvalue weighted by Gasteiger charge is 2.55. The van der Waals surface area contributed by atoms with E-state index < -0.39 is 207 Å². The van der Waals surface area contributed by atoms with Crippen LogP contribution in [0.2, 0.25) is 0 Å². The Balaban J connectivity index is 0.958. The number of aliphatic hydroxyl groups is 14. The zero-order valence-corrected chi connectivity index (χ0v) is 44.8. The van der Waals surface area contributed by atoms with Gasteiger partial charge in [-0.25, -0.2) is 4.79 Å². The highest BCUT2D eigenvalue weighted by Crippen LogP contribution is 2.40. The van der Waals surface area contributed by atoms with Gasteiger partial charge in [-0.2, -0.15) is 0 Å². The number of hydrogen-bond donors (Lipinski definition) is 17. The lowest BCUT2D eigenvalue weighted by Gasteiger charge is -2.49. The molecular weight excluding hydrogens is 1140 g/mol. The summed E-state index contributed by atoms with van der Waals surface area (Å²) in [5.41, 5.74) is -1.06. The van der Waals surface area contributed by atoms with E-state index in [4.69, 9.17) is 56.5 Å². The highest BCUT2D eigenvalue weighted by molar-refractivity contribution is 5.88. The fourth-order valence-electron chi connectivity index (χ4n) is 10.1. The van der Waals surface area contributed by atoms with Crippen LogP contribution in [0.25, 0.3) is 28.4 Å². The van der Waals surface area contributed by atoms with Gasteiger partial charge in [0.2, 0.25) is 23.8 Å². The van der Waals surface area contributed by atoms with Crippen molar-refractivity contribution in [2.75, 3.05) is 19.8 Å². The Kier molecular flexibility index (Phi) is 20.0. The van der Waals surface area contributed by atoms with E-state index in [0.717, 1.165) is 18.2 Å². The van der Waals surface area contributed by atoms with E-state index in [2.05, 4.69) is 0 Å². The van der Waals surface area contributed by atoms with Crippen LogP contribution in [0, 0.1) is 0 Å². The first kappa shape index (κ1) is 63.7. The van der Waals surface area contributed by atoms with Gasteiger partial charge < -0.3 is 143 Å². The minimum absolute atomic E-state index is 0.0236. The van der Waals surface area contributed by atoms with Crippen LogP contribution in [-0.4, -0.2) is 266 Å². The van der Waals surface area contributed by atoms with E-state index in [9.17, 15) is 96.4 Å². The van der Waals surface area contributed by atoms with Crippen molar-refractivity contribution in [3.05, 3.63) is 82.5 Å². The predicted octanol–water partition coefficient (Wildman–Crippen LogP) is -5.27. The van der Waals surface area contributed by atoms with E-state index in [-0.39, 0.29) is 28.4 Å². The van der Waals surface area contributed by atoms with Gasteiger partial charge >= 0.3 is 5.97 Å². The molecule has 0 spiro atoms. The second-order valence-corrected chi connectivity index (χ2v) is 20.8. The number of rotatable bonds is 17. The standard InChI is InChI=1S/C54H66O31/c1-18-32(61)35(64)40(69)50(75-18)77-24-13-25(59)31-26(14-24)78-46(21-6-10-23(58)11-7-21)49(34(31)63)85-54-44(73)39(68)48(29(81-54)17-74-30(60)12-5-20-3-8-22(57)9-4-20)84-53-43(72)38(67)47(28(16-56)80-53)83-51-42(71)37(66)45(19(2)76-51)82-52-41(70)36(65)33(62)27(15-55)79-52/h3-14,18-19,27-29,32-33,35-45,47-48,50-59,61-62,64-73H,15-17H2,1-2H3/b12-5+/t18-,19-,27+,28+,29+,32-,33+,35+,36-,37-,38+,39+,40+,41+,42+,43+,44+,45-,47+,48+,50-,51-,52-,53-,54-/m0/s1. The van der Waals surface area contributed by atoms with E-state index >= 15 is 0 Å². The maximum Gasteiger partial charge on any atom is 0.330 e. The lowest BCUT2D eigenvalue weighted by molar-refractivity contribution is -0.384. The molecule has 0 saturated carbocycles. The Morgan fingerprint density at radius 1 is 0.518 bits per heavy atom. The molecule has 1 aromatic heterocycles. The van der Waals surface area contributed by atoms with Gasteiger partial charge in [-0.1, -0.05) is 12.1 Å². The zero-order chi connectivity index (χ0) is 61.5. The summed E-state index contributed by atoms with van der Waals surface area (Å²) in [6.07, 6.45) is -43.1. The highest BCUT2D eigenvalue weighted by atomic mass is 16.8. The largest absolute Gasteiger partial charge is 0.508 e. The van der Waals surface area contributed by atoms with Crippen molar-refractivity contribution in [2.45, 2.75) is 167 Å². The molecule has 6 heterocycles. The molecule has 9 rings (SSSR count). The van der Waals surface area contributed by atoms with Gasteiger partial charge in [-0.05, 0) is 61.9 Å². The summed E-state index contributed by atoms with van der Waals surface area (Å²) in [7, 11) is 0. The number of aromatic hydroxyl groups is 3. The monoisotopic (exact) mass is 1210 g/mol. The molecule has 85 heavy (non-hydrogen) atoms. The summed E-state index contributed by atoms with van der Waals surface area (Å²) in [6, 6.07) is 12.7. The molecule has 5 aliphatic heterocycles. The Morgan fingerprint density at radius 2 is 1.00 bits per heavy atom. The normalized spacial score (nSPS) is 38.9. The number of carbonyl (C=O) groups excluding carboxylic acids is 1. The van der Waals surface area contributed by atoms with Gasteiger partial charge in [-0.15, -0.1) is 0 Å². The molecule has 5 fully saturated rings. The maximum absolute atomic E-state index is 14.6. The minimum Gasteiger partial charge on any atom is -0.508 e. The van der Waals surface area contributed by atoms with Crippen LogP contribution in [-0.2, 0) is 47.4 Å². The second-order valence-electron chi connectivity index (χ2n) is 20.8. The maximum atomic E-state index is 14.6. The third-order valence-electron chi connectivity index (χ3n) is 15.0. The van der Waals surface area contributed by atoms with Crippen molar-refractivity contribution in [1.29, 1.82) is 0 Å². The fourth-order valence-corrected chi connectivity index (χ4v) is 10.1. The predicted molar refractivity (Wildman–Crippen MR) is 276 cm³/mol. The first-order valence-corrected chi connectivity index (χ1v) is 26.6. The molecule has 17 N–H and O–H groups in total. The molecular formula is C54H66O31. The van der Waals surface area contributed by atoms with E-state index in [1.165, 1.54) is 68.5 Å². The summed E-state index contributed by atoms with van der Waals surface area (Å²) in [4.78, 5) is 27.8. The summed E-state index contributed by atoms with van der Waals surface area (Å²) < 4.78 is 69.3. The van der Waals surface area contributed by atoms with Crippen LogP contribution >= 0.6 is 0 Å². The van der Waals surface area contributed by atoms with Crippen molar-refractivity contribution >= 4 is 23.0 Å². The molecule has 31 nitrogen and oxygen atoms in total.